The lowest BCUT2D eigenvalue weighted by Gasteiger charge is -2.07. The zero-order valence-corrected chi connectivity index (χ0v) is 20.1. The standard InChI is InChI=1S/C26H30N4O4/c1-5-29-24(26(32)34-18-21-13-9-7-10-14-21)22(20(4)28-29)15-11-8-12-16-30-23(17-19(3)27-30)25(31)33-6-2/h7,9-10,13-14,17H,5-6,8,12,16,18H2,1-4H3. The molecule has 0 aliphatic heterocycles. The molecule has 0 aliphatic carbocycles. The molecule has 0 atom stereocenters. The van der Waals surface area contributed by atoms with Crippen LogP contribution in [0.25, 0.3) is 0 Å². The van der Waals surface area contributed by atoms with Crippen LogP contribution in [0, 0.1) is 25.7 Å². The summed E-state index contributed by atoms with van der Waals surface area (Å²) in [4.78, 5) is 25.0. The fourth-order valence-corrected chi connectivity index (χ4v) is 3.51. The van der Waals surface area contributed by atoms with Gasteiger partial charge >= 0.3 is 11.9 Å². The van der Waals surface area contributed by atoms with Crippen molar-refractivity contribution in [3.8, 4) is 11.8 Å². The van der Waals surface area contributed by atoms with Gasteiger partial charge in [-0.25, -0.2) is 9.59 Å². The van der Waals surface area contributed by atoms with E-state index in [0.29, 0.717) is 55.2 Å². The average Bonchev–Trinajstić information content (AvgIpc) is 3.37. The zero-order chi connectivity index (χ0) is 24.5. The summed E-state index contributed by atoms with van der Waals surface area (Å²) in [6, 6.07) is 11.3. The third-order valence-corrected chi connectivity index (χ3v) is 5.10. The van der Waals surface area contributed by atoms with Crippen molar-refractivity contribution >= 4 is 11.9 Å². The Morgan fingerprint density at radius 3 is 2.47 bits per heavy atom. The summed E-state index contributed by atoms with van der Waals surface area (Å²) in [7, 11) is 0. The fourth-order valence-electron chi connectivity index (χ4n) is 3.51. The number of aromatic nitrogens is 4. The summed E-state index contributed by atoms with van der Waals surface area (Å²) in [5.41, 5.74) is 3.76. The van der Waals surface area contributed by atoms with E-state index in [1.165, 1.54) is 0 Å². The van der Waals surface area contributed by atoms with Crippen molar-refractivity contribution in [2.45, 2.75) is 60.2 Å². The monoisotopic (exact) mass is 462 g/mol. The molecule has 3 aromatic rings. The van der Waals surface area contributed by atoms with Gasteiger partial charge in [0.1, 0.15) is 12.3 Å². The number of hydrogen-bond acceptors (Lipinski definition) is 6. The van der Waals surface area contributed by atoms with E-state index in [1.807, 2.05) is 51.1 Å². The Kier molecular flexibility index (Phi) is 8.63. The van der Waals surface area contributed by atoms with Gasteiger partial charge < -0.3 is 9.47 Å². The van der Waals surface area contributed by atoms with Gasteiger partial charge in [-0.05, 0) is 45.7 Å². The third kappa shape index (κ3) is 6.13. The average molecular weight is 463 g/mol. The molecule has 0 saturated carbocycles. The molecule has 8 nitrogen and oxygen atoms in total. The molecule has 0 amide bonds. The van der Waals surface area contributed by atoms with Crippen molar-refractivity contribution in [2.75, 3.05) is 6.61 Å². The Bertz CT molecular complexity index is 1200. The molecule has 0 fully saturated rings. The molecule has 0 bridgehead atoms. The Morgan fingerprint density at radius 2 is 1.76 bits per heavy atom. The first-order chi connectivity index (χ1) is 16.4. The summed E-state index contributed by atoms with van der Waals surface area (Å²) in [6.07, 6.45) is 1.26. The maximum Gasteiger partial charge on any atom is 0.358 e. The van der Waals surface area contributed by atoms with E-state index in [9.17, 15) is 9.59 Å². The van der Waals surface area contributed by atoms with Crippen LogP contribution in [0.3, 0.4) is 0 Å². The van der Waals surface area contributed by atoms with Gasteiger partial charge in [0.15, 0.2) is 5.69 Å². The van der Waals surface area contributed by atoms with Gasteiger partial charge in [-0.1, -0.05) is 42.2 Å². The number of aryl methyl sites for hydroxylation is 4. The maximum absolute atomic E-state index is 12.9. The molecule has 0 saturated heterocycles. The van der Waals surface area contributed by atoms with Crippen molar-refractivity contribution in [1.82, 2.24) is 19.6 Å². The number of carbonyl (C=O) groups is 2. The zero-order valence-electron chi connectivity index (χ0n) is 20.1. The smallest absolute Gasteiger partial charge is 0.358 e. The van der Waals surface area contributed by atoms with Gasteiger partial charge in [0.25, 0.3) is 0 Å². The highest BCUT2D eigenvalue weighted by atomic mass is 16.5. The van der Waals surface area contributed by atoms with Crippen LogP contribution in [-0.2, 0) is 29.2 Å². The molecule has 3 rings (SSSR count). The SMILES string of the molecule is CCOC(=O)c1cc(C)nn1CCCC#Cc1c(C)nn(CC)c1C(=O)OCc1ccccc1. The molecule has 2 heterocycles. The number of esters is 2. The van der Waals surface area contributed by atoms with Crippen molar-refractivity contribution in [1.29, 1.82) is 0 Å². The second-order valence-corrected chi connectivity index (χ2v) is 7.71. The van der Waals surface area contributed by atoms with Gasteiger partial charge in [0.05, 0.1) is 23.6 Å². The second-order valence-electron chi connectivity index (χ2n) is 7.71. The summed E-state index contributed by atoms with van der Waals surface area (Å²) in [5, 5.41) is 8.82. The molecule has 0 unspecified atom stereocenters. The Balaban J connectivity index is 1.67. The Labute approximate surface area is 199 Å². The first-order valence-corrected chi connectivity index (χ1v) is 11.4. The lowest BCUT2D eigenvalue weighted by Crippen LogP contribution is -2.14. The third-order valence-electron chi connectivity index (χ3n) is 5.10. The molecule has 34 heavy (non-hydrogen) atoms. The van der Waals surface area contributed by atoms with Crippen LogP contribution in [0.4, 0.5) is 0 Å². The van der Waals surface area contributed by atoms with Gasteiger partial charge in [-0.2, -0.15) is 10.2 Å². The highest BCUT2D eigenvalue weighted by Gasteiger charge is 2.21. The predicted octanol–water partition coefficient (Wildman–Crippen LogP) is 4.08. The molecule has 1 aromatic carbocycles. The van der Waals surface area contributed by atoms with Gasteiger partial charge in [0, 0.05) is 19.5 Å². The first kappa shape index (κ1) is 24.8. The molecule has 8 heteroatoms. The predicted molar refractivity (Wildman–Crippen MR) is 127 cm³/mol. The highest BCUT2D eigenvalue weighted by molar-refractivity contribution is 5.91. The van der Waals surface area contributed by atoms with E-state index in [-0.39, 0.29) is 12.6 Å². The molecule has 0 aliphatic rings. The van der Waals surface area contributed by atoms with Crippen molar-refractivity contribution < 1.29 is 19.1 Å². The Morgan fingerprint density at radius 1 is 1.00 bits per heavy atom. The quantitative estimate of drug-likeness (QED) is 0.270. The normalized spacial score (nSPS) is 10.5. The van der Waals surface area contributed by atoms with Crippen LogP contribution < -0.4 is 0 Å². The highest BCUT2D eigenvalue weighted by Crippen LogP contribution is 2.16. The number of rotatable bonds is 9. The van der Waals surface area contributed by atoms with Crippen molar-refractivity contribution in [2.24, 2.45) is 0 Å². The number of unbranched alkanes of at least 4 members (excludes halogenated alkanes) is 1. The molecule has 0 N–H and O–H groups in total. The van der Waals surface area contributed by atoms with E-state index in [1.54, 1.807) is 22.4 Å². The number of carbonyl (C=O) groups excluding carboxylic acids is 2. The minimum absolute atomic E-state index is 0.187. The van der Waals surface area contributed by atoms with Crippen LogP contribution in [0.1, 0.15) is 70.2 Å². The summed E-state index contributed by atoms with van der Waals surface area (Å²) >= 11 is 0. The molecule has 2 aromatic heterocycles. The van der Waals surface area contributed by atoms with Gasteiger partial charge in [-0.15, -0.1) is 0 Å². The second kappa shape index (κ2) is 11.8. The molecule has 178 valence electrons. The number of hydrogen-bond donors (Lipinski definition) is 0. The van der Waals surface area contributed by atoms with Crippen LogP contribution in [0.15, 0.2) is 36.4 Å². The van der Waals surface area contributed by atoms with E-state index in [2.05, 4.69) is 22.0 Å². The summed E-state index contributed by atoms with van der Waals surface area (Å²) in [6.45, 7) is 8.94. The molecule has 0 spiro atoms. The van der Waals surface area contributed by atoms with E-state index < -0.39 is 5.97 Å². The lowest BCUT2D eigenvalue weighted by molar-refractivity contribution is 0.0456. The first-order valence-electron chi connectivity index (χ1n) is 11.4. The fraction of sp³-hybridized carbons (Fsp3) is 0.385. The van der Waals surface area contributed by atoms with Crippen LogP contribution in [0.2, 0.25) is 0 Å². The van der Waals surface area contributed by atoms with Gasteiger partial charge in [-0.3, -0.25) is 9.36 Å². The lowest BCUT2D eigenvalue weighted by atomic mass is 10.1. The van der Waals surface area contributed by atoms with E-state index in [0.717, 1.165) is 11.3 Å². The molecular weight excluding hydrogens is 432 g/mol. The number of benzene rings is 1. The minimum atomic E-state index is -0.443. The Hall–Kier alpha value is -3.86. The van der Waals surface area contributed by atoms with Crippen LogP contribution in [-0.4, -0.2) is 38.1 Å². The summed E-state index contributed by atoms with van der Waals surface area (Å²) in [5.74, 6) is 5.42. The maximum atomic E-state index is 12.9. The molecule has 0 radical (unpaired) electrons. The van der Waals surface area contributed by atoms with Crippen molar-refractivity contribution in [3.05, 3.63) is 70.3 Å². The molecular formula is C26H30N4O4. The minimum Gasteiger partial charge on any atom is -0.461 e. The van der Waals surface area contributed by atoms with E-state index in [4.69, 9.17) is 9.47 Å². The van der Waals surface area contributed by atoms with E-state index >= 15 is 0 Å². The topological polar surface area (TPSA) is 88.2 Å². The number of ether oxygens (including phenoxy) is 2. The van der Waals surface area contributed by atoms with Crippen LogP contribution in [0.5, 0.6) is 0 Å². The largest absolute Gasteiger partial charge is 0.461 e. The van der Waals surface area contributed by atoms with Crippen molar-refractivity contribution in [3.63, 3.8) is 0 Å². The number of nitrogens with zero attached hydrogens (tertiary/aromatic N) is 4. The summed E-state index contributed by atoms with van der Waals surface area (Å²) < 4.78 is 13.9. The van der Waals surface area contributed by atoms with Gasteiger partial charge in [0.2, 0.25) is 0 Å². The van der Waals surface area contributed by atoms with Crippen LogP contribution >= 0.6 is 0 Å².